The zero-order valence-electron chi connectivity index (χ0n) is 41.9. The van der Waals surface area contributed by atoms with Crippen molar-refractivity contribution in [2.24, 2.45) is 11.7 Å². The fourth-order valence-electron chi connectivity index (χ4n) is 8.61. The van der Waals surface area contributed by atoms with Crippen LogP contribution in [0.1, 0.15) is 80.6 Å². The van der Waals surface area contributed by atoms with E-state index in [1.54, 1.807) is 13.8 Å². The SMILES string of the molecule is CC[C@H](C)[C@H](NC(=O)[C@@H]1CCCN1C(=O)[C@@H](NC(=O)[C@@H](NC(=O)[C@H](CO)NC(=O)[C@@H]1CCCN1C(C)=O)[C@@H](C)O)[C@@H](C)O[C@H]1O[C@H](CO)[C@H](O)[C@H](O)[C@H]1NC(C)=O)C(=O)N[C@@H](CO)C(=O)N[C@H](C(N)=O)[C@@H](C)O. The van der Waals surface area contributed by atoms with Gasteiger partial charge in [0, 0.05) is 26.9 Å². The van der Waals surface area contributed by atoms with Gasteiger partial charge in [0.15, 0.2) is 6.29 Å². The lowest BCUT2D eigenvalue weighted by molar-refractivity contribution is -0.281. The highest BCUT2D eigenvalue weighted by Crippen LogP contribution is 2.26. The maximum absolute atomic E-state index is 14.9. The number of ether oxygens (including phenoxy) is 2. The molecule has 0 aliphatic carbocycles. The van der Waals surface area contributed by atoms with E-state index in [1.807, 2.05) is 0 Å². The molecule has 0 saturated carbocycles. The zero-order valence-corrected chi connectivity index (χ0v) is 41.9. The van der Waals surface area contributed by atoms with Crippen LogP contribution in [-0.2, 0) is 57.4 Å². The lowest BCUT2D eigenvalue weighted by atomic mass is 9.96. The lowest BCUT2D eigenvalue weighted by Gasteiger charge is -2.43. The van der Waals surface area contributed by atoms with Crippen molar-refractivity contribution in [1.82, 2.24) is 47.0 Å². The molecule has 0 bridgehead atoms. The molecular formula is C44H74N10O19. The van der Waals surface area contributed by atoms with Crippen LogP contribution in [0.4, 0.5) is 0 Å². The number of amides is 10. The number of carbonyl (C=O) groups excluding carboxylic acids is 10. The first-order valence-electron chi connectivity index (χ1n) is 24.1. The second-order valence-corrected chi connectivity index (χ2v) is 18.5. The number of aliphatic hydroxyl groups is 7. The van der Waals surface area contributed by atoms with Gasteiger partial charge in [-0.15, -0.1) is 0 Å². The molecular weight excluding hydrogens is 973 g/mol. The average Bonchev–Trinajstić information content (AvgIpc) is 4.04. The Kier molecular flexibility index (Phi) is 23.8. The number of nitrogens with one attached hydrogen (secondary N) is 7. The summed E-state index contributed by atoms with van der Waals surface area (Å²) in [5.41, 5.74) is 5.26. The minimum absolute atomic E-state index is 0.0118. The van der Waals surface area contributed by atoms with Gasteiger partial charge in [-0.1, -0.05) is 20.3 Å². The Labute approximate surface area is 421 Å². The highest BCUT2D eigenvalue weighted by atomic mass is 16.7. The maximum Gasteiger partial charge on any atom is 0.248 e. The van der Waals surface area contributed by atoms with Crippen LogP contribution in [0.15, 0.2) is 0 Å². The number of nitrogens with two attached hydrogens (primary N) is 1. The second-order valence-electron chi connectivity index (χ2n) is 18.5. The molecule has 3 saturated heterocycles. The van der Waals surface area contributed by atoms with Gasteiger partial charge in [-0.2, -0.15) is 0 Å². The van der Waals surface area contributed by atoms with Crippen molar-refractivity contribution in [1.29, 1.82) is 0 Å². The molecule has 3 rings (SSSR count). The lowest BCUT2D eigenvalue weighted by Crippen LogP contribution is -2.67. The third-order valence-corrected chi connectivity index (χ3v) is 13.0. The Bertz CT molecular complexity index is 1980. The van der Waals surface area contributed by atoms with Crippen molar-refractivity contribution in [2.45, 2.75) is 178 Å². The van der Waals surface area contributed by atoms with Crippen molar-refractivity contribution in [2.75, 3.05) is 32.9 Å². The van der Waals surface area contributed by atoms with E-state index in [9.17, 15) is 83.7 Å². The highest BCUT2D eigenvalue weighted by Gasteiger charge is 2.49. The molecule has 73 heavy (non-hydrogen) atoms. The summed E-state index contributed by atoms with van der Waals surface area (Å²) in [7, 11) is 0. The molecule has 0 spiro atoms. The number of primary amides is 1. The van der Waals surface area contributed by atoms with E-state index >= 15 is 0 Å². The van der Waals surface area contributed by atoms with Crippen LogP contribution < -0.4 is 43.0 Å². The number of hydrogen-bond acceptors (Lipinski definition) is 19. The number of nitrogens with zero attached hydrogens (tertiary/aromatic N) is 2. The molecule has 29 heteroatoms. The van der Waals surface area contributed by atoms with E-state index in [-0.39, 0.29) is 38.8 Å². The molecule has 0 aromatic rings. The Hall–Kier alpha value is -5.66. The van der Waals surface area contributed by atoms with E-state index < -0.39 is 182 Å². The molecule has 16 N–H and O–H groups in total. The van der Waals surface area contributed by atoms with Gasteiger partial charge in [0.25, 0.3) is 0 Å². The smallest absolute Gasteiger partial charge is 0.248 e. The number of hydrogen-bond donors (Lipinski definition) is 15. The molecule has 0 aromatic carbocycles. The quantitative estimate of drug-likeness (QED) is 0.0404. The number of likely N-dealkylation sites (tertiary alicyclic amines) is 2. The molecule has 29 nitrogen and oxygen atoms in total. The van der Waals surface area contributed by atoms with Gasteiger partial charge in [-0.05, 0) is 52.4 Å². The van der Waals surface area contributed by atoms with Gasteiger partial charge in [-0.25, -0.2) is 0 Å². The number of aliphatic hydroxyl groups excluding tert-OH is 7. The van der Waals surface area contributed by atoms with E-state index in [2.05, 4.69) is 37.2 Å². The molecule has 3 aliphatic rings. The van der Waals surface area contributed by atoms with Crippen LogP contribution in [0, 0.1) is 5.92 Å². The van der Waals surface area contributed by atoms with Gasteiger partial charge < -0.3 is 98.0 Å². The Morgan fingerprint density at radius 2 is 1.15 bits per heavy atom. The number of rotatable bonds is 25. The van der Waals surface area contributed by atoms with Gasteiger partial charge >= 0.3 is 0 Å². The summed E-state index contributed by atoms with van der Waals surface area (Å²) in [6.45, 7) is 6.41. The van der Waals surface area contributed by atoms with E-state index in [1.165, 1.54) is 25.7 Å². The standard InChI is InChI=1S/C44H74N10O19/c1-8-18(2)29(41(69)48-25(16-56)37(65)50-30(19(3)58)36(45)64)49-40(68)27-12-10-14-54(27)43(71)32(21(5)72-44-33(46-22(6)60)35(63)34(62)28(17-57)73-44)52-42(70)31(20(4)59)51-38(66)24(15-55)47-39(67)26-11-9-13-53(26)23(7)61/h18-21,24-35,44,55-59,62-63H,8-17H2,1-7H3,(H2,45,64)(H,46,60)(H,47,67)(H,48,69)(H,49,68)(H,50,65)(H,51,66)(H,52,70)/t18-,19+,20+,21+,24-,25-,26-,27-,28+,29-,30-,31-,32-,33+,34-,35+,44-/m0/s1. The molecule has 3 heterocycles. The van der Waals surface area contributed by atoms with Crippen molar-refractivity contribution >= 4 is 59.1 Å². The van der Waals surface area contributed by atoms with Gasteiger partial charge in [0.2, 0.25) is 59.1 Å². The first kappa shape index (κ1) is 61.6. The zero-order chi connectivity index (χ0) is 55.2. The van der Waals surface area contributed by atoms with Crippen LogP contribution >= 0.6 is 0 Å². The van der Waals surface area contributed by atoms with Gasteiger partial charge in [0.05, 0.1) is 38.1 Å². The third-order valence-electron chi connectivity index (χ3n) is 13.0. The van der Waals surface area contributed by atoms with Crippen LogP contribution in [0.2, 0.25) is 0 Å². The minimum atomic E-state index is -1.93. The first-order valence-corrected chi connectivity index (χ1v) is 24.1. The average molecular weight is 1050 g/mol. The Morgan fingerprint density at radius 3 is 1.64 bits per heavy atom. The molecule has 0 aromatic heterocycles. The number of carbonyl (C=O) groups is 10. The van der Waals surface area contributed by atoms with Crippen LogP contribution in [0.5, 0.6) is 0 Å². The predicted octanol–water partition coefficient (Wildman–Crippen LogP) is -8.48. The summed E-state index contributed by atoms with van der Waals surface area (Å²) in [6, 6.07) is -14.1. The molecule has 414 valence electrons. The van der Waals surface area contributed by atoms with E-state index in [4.69, 9.17) is 15.2 Å². The molecule has 3 aliphatic heterocycles. The van der Waals surface area contributed by atoms with Crippen molar-refractivity contribution in [3.8, 4) is 0 Å². The summed E-state index contributed by atoms with van der Waals surface area (Å²) < 4.78 is 11.8. The normalized spacial score (nSPS) is 26.0. The summed E-state index contributed by atoms with van der Waals surface area (Å²) in [5, 5.41) is 88.8. The van der Waals surface area contributed by atoms with Gasteiger partial charge in [0.1, 0.15) is 72.7 Å². The third kappa shape index (κ3) is 16.2. The molecule has 10 amide bonds. The molecule has 0 unspecified atom stereocenters. The van der Waals surface area contributed by atoms with Crippen LogP contribution in [0.3, 0.4) is 0 Å². The highest BCUT2D eigenvalue weighted by molar-refractivity contribution is 5.98. The van der Waals surface area contributed by atoms with Crippen LogP contribution in [0.25, 0.3) is 0 Å². The summed E-state index contributed by atoms with van der Waals surface area (Å²) >= 11 is 0. The van der Waals surface area contributed by atoms with Crippen molar-refractivity contribution in [3.05, 3.63) is 0 Å². The monoisotopic (exact) mass is 1050 g/mol. The largest absolute Gasteiger partial charge is 0.394 e. The van der Waals surface area contributed by atoms with Crippen LogP contribution in [-0.4, -0.2) is 235 Å². The second kappa shape index (κ2) is 28.1. The Morgan fingerprint density at radius 1 is 0.658 bits per heavy atom. The van der Waals surface area contributed by atoms with Gasteiger partial charge in [-0.3, -0.25) is 47.9 Å². The maximum atomic E-state index is 14.9. The summed E-state index contributed by atoms with van der Waals surface area (Å²) in [5.74, 6) is -10.0. The van der Waals surface area contributed by atoms with E-state index in [0.717, 1.165) is 18.7 Å². The van der Waals surface area contributed by atoms with Crippen molar-refractivity contribution in [3.63, 3.8) is 0 Å². The minimum Gasteiger partial charge on any atom is -0.394 e. The Balaban J connectivity index is 1.98. The fourth-order valence-corrected chi connectivity index (χ4v) is 8.61. The topological polar surface area (TPSA) is 447 Å². The predicted molar refractivity (Wildman–Crippen MR) is 249 cm³/mol. The summed E-state index contributed by atoms with van der Waals surface area (Å²) in [6.07, 6.45) is -10.4. The molecule has 17 atom stereocenters. The molecule has 3 fully saturated rings. The van der Waals surface area contributed by atoms with Crippen molar-refractivity contribution < 1.29 is 93.2 Å². The fraction of sp³-hybridized carbons (Fsp3) is 0.773. The van der Waals surface area contributed by atoms with E-state index in [0.29, 0.717) is 6.42 Å². The first-order chi connectivity index (χ1) is 34.2. The molecule has 0 radical (unpaired) electrons. The summed E-state index contributed by atoms with van der Waals surface area (Å²) in [4.78, 5) is 135.